The summed E-state index contributed by atoms with van der Waals surface area (Å²) in [6.07, 6.45) is 2.57. The van der Waals surface area contributed by atoms with Crippen LogP contribution in [0, 0.1) is 11.6 Å². The monoisotopic (exact) mass is 218 g/mol. The average molecular weight is 218 g/mol. The zero-order valence-electron chi connectivity index (χ0n) is 7.89. The van der Waals surface area contributed by atoms with Crippen molar-refractivity contribution in [2.45, 2.75) is 17.7 Å². The van der Waals surface area contributed by atoms with Gasteiger partial charge in [-0.3, -0.25) is 0 Å². The van der Waals surface area contributed by atoms with Crippen LogP contribution in [0.3, 0.4) is 0 Å². The second-order valence-corrected chi connectivity index (χ2v) is 3.70. The summed E-state index contributed by atoms with van der Waals surface area (Å²) < 4.78 is 26.6. The predicted octanol–water partition coefficient (Wildman–Crippen LogP) is 2.61. The number of benzene rings is 1. The van der Waals surface area contributed by atoms with E-state index >= 15 is 0 Å². The van der Waals surface area contributed by atoms with Crippen molar-refractivity contribution >= 4 is 11.8 Å². The fourth-order valence-corrected chi connectivity index (χ4v) is 1.80. The fraction of sp³-hybridized carbons (Fsp3) is 0.400. The molecular weight excluding hydrogens is 206 g/mol. The Morgan fingerprint density at radius 2 is 2.07 bits per heavy atom. The highest BCUT2D eigenvalue weighted by Crippen LogP contribution is 2.25. The maximum absolute atomic E-state index is 13.5. The molecule has 0 fully saturated rings. The van der Waals surface area contributed by atoms with Gasteiger partial charge in [-0.2, -0.15) is 0 Å². The van der Waals surface area contributed by atoms with E-state index in [0.29, 0.717) is 18.4 Å². The predicted molar refractivity (Wildman–Crippen MR) is 53.5 cm³/mol. The van der Waals surface area contributed by atoms with Crippen LogP contribution < -0.4 is 0 Å². The summed E-state index contributed by atoms with van der Waals surface area (Å²) >= 11 is 1.06. The van der Waals surface area contributed by atoms with Crippen molar-refractivity contribution in [1.29, 1.82) is 0 Å². The summed E-state index contributed by atoms with van der Waals surface area (Å²) in [6, 6.07) is 2.70. The fourth-order valence-electron chi connectivity index (χ4n) is 1.22. The molecule has 0 aliphatic rings. The third kappa shape index (κ3) is 2.45. The molecule has 4 heteroatoms. The van der Waals surface area contributed by atoms with Gasteiger partial charge in [0, 0.05) is 6.61 Å². The molecule has 1 rings (SSSR count). The van der Waals surface area contributed by atoms with E-state index in [1.807, 2.05) is 0 Å². The van der Waals surface area contributed by atoms with Gasteiger partial charge < -0.3 is 5.11 Å². The van der Waals surface area contributed by atoms with Crippen LogP contribution in [0.4, 0.5) is 8.78 Å². The van der Waals surface area contributed by atoms with Crippen molar-refractivity contribution in [2.24, 2.45) is 0 Å². The molecule has 78 valence electrons. The lowest BCUT2D eigenvalue weighted by atomic mass is 10.1. The normalized spacial score (nSPS) is 10.6. The molecule has 0 saturated carbocycles. The van der Waals surface area contributed by atoms with Gasteiger partial charge in [-0.05, 0) is 30.7 Å². The summed E-state index contributed by atoms with van der Waals surface area (Å²) in [4.78, 5) is 0.0560. The molecule has 0 heterocycles. The van der Waals surface area contributed by atoms with Gasteiger partial charge in [0.05, 0.1) is 4.90 Å². The van der Waals surface area contributed by atoms with Gasteiger partial charge in [0.2, 0.25) is 0 Å². The summed E-state index contributed by atoms with van der Waals surface area (Å²) in [5, 5.41) is 8.60. The van der Waals surface area contributed by atoms with Gasteiger partial charge in [-0.1, -0.05) is 6.07 Å². The Labute approximate surface area is 86.1 Å². The molecule has 0 saturated heterocycles. The first-order valence-corrected chi connectivity index (χ1v) is 5.55. The SMILES string of the molecule is CSc1c(F)ccc(CCCO)c1F. The average Bonchev–Trinajstić information content (AvgIpc) is 2.18. The smallest absolute Gasteiger partial charge is 0.142 e. The number of aliphatic hydroxyl groups excluding tert-OH is 1. The van der Waals surface area contributed by atoms with Crippen molar-refractivity contribution in [1.82, 2.24) is 0 Å². The molecule has 0 radical (unpaired) electrons. The zero-order chi connectivity index (χ0) is 10.6. The highest BCUT2D eigenvalue weighted by molar-refractivity contribution is 7.98. The molecule has 0 aromatic heterocycles. The highest BCUT2D eigenvalue weighted by atomic mass is 32.2. The van der Waals surface area contributed by atoms with Gasteiger partial charge in [-0.15, -0.1) is 11.8 Å². The number of aliphatic hydroxyl groups is 1. The number of hydrogen-bond donors (Lipinski definition) is 1. The van der Waals surface area contributed by atoms with Gasteiger partial charge in [0.15, 0.2) is 0 Å². The van der Waals surface area contributed by atoms with E-state index in [1.54, 1.807) is 6.26 Å². The van der Waals surface area contributed by atoms with Crippen molar-refractivity contribution in [2.75, 3.05) is 12.9 Å². The minimum absolute atomic E-state index is 0.0193. The van der Waals surface area contributed by atoms with Crippen LogP contribution in [0.1, 0.15) is 12.0 Å². The lowest BCUT2D eigenvalue weighted by Crippen LogP contribution is -1.97. The van der Waals surface area contributed by atoms with Crippen molar-refractivity contribution in [3.8, 4) is 0 Å². The van der Waals surface area contributed by atoms with Crippen LogP contribution in [0.5, 0.6) is 0 Å². The summed E-state index contributed by atoms with van der Waals surface area (Å²) in [7, 11) is 0. The second kappa shape index (κ2) is 5.32. The third-order valence-electron chi connectivity index (χ3n) is 1.94. The summed E-state index contributed by atoms with van der Waals surface area (Å²) in [5.74, 6) is -1.02. The largest absolute Gasteiger partial charge is 0.396 e. The van der Waals surface area contributed by atoms with Gasteiger partial charge in [-0.25, -0.2) is 8.78 Å². The number of rotatable bonds is 4. The molecule has 0 aliphatic carbocycles. The second-order valence-electron chi connectivity index (χ2n) is 2.88. The number of thioether (sulfide) groups is 1. The van der Waals surface area contributed by atoms with E-state index in [-0.39, 0.29) is 11.5 Å². The number of halogens is 2. The van der Waals surface area contributed by atoms with Gasteiger partial charge >= 0.3 is 0 Å². The van der Waals surface area contributed by atoms with Crippen LogP contribution in [0.25, 0.3) is 0 Å². The maximum atomic E-state index is 13.5. The Kier molecular flexibility index (Phi) is 4.35. The minimum atomic E-state index is -0.525. The first-order valence-electron chi connectivity index (χ1n) is 4.32. The topological polar surface area (TPSA) is 20.2 Å². The van der Waals surface area contributed by atoms with E-state index in [0.717, 1.165) is 11.8 Å². The Bertz CT molecular complexity index is 315. The lowest BCUT2D eigenvalue weighted by Gasteiger charge is -2.06. The molecule has 0 aliphatic heterocycles. The summed E-state index contributed by atoms with van der Waals surface area (Å²) in [6.45, 7) is 0.0193. The van der Waals surface area contributed by atoms with Gasteiger partial charge in [0.25, 0.3) is 0 Å². The molecule has 1 nitrogen and oxygen atoms in total. The van der Waals surface area contributed by atoms with E-state index in [1.165, 1.54) is 12.1 Å². The minimum Gasteiger partial charge on any atom is -0.396 e. The molecule has 0 spiro atoms. The standard InChI is InChI=1S/C10H12F2OS/c1-14-10-8(11)5-4-7(9(10)12)3-2-6-13/h4-5,13H,2-3,6H2,1H3. The molecule has 0 unspecified atom stereocenters. The molecule has 1 aromatic rings. The Hall–Kier alpha value is -0.610. The molecule has 14 heavy (non-hydrogen) atoms. The number of aryl methyl sites for hydroxylation is 1. The van der Waals surface area contributed by atoms with E-state index < -0.39 is 11.6 Å². The lowest BCUT2D eigenvalue weighted by molar-refractivity contribution is 0.288. The van der Waals surface area contributed by atoms with E-state index in [4.69, 9.17) is 5.11 Å². The Balaban J connectivity index is 2.96. The quantitative estimate of drug-likeness (QED) is 0.784. The molecule has 0 amide bonds. The van der Waals surface area contributed by atoms with E-state index in [2.05, 4.69) is 0 Å². The van der Waals surface area contributed by atoms with Crippen LogP contribution in [-0.4, -0.2) is 18.0 Å². The van der Waals surface area contributed by atoms with Crippen LogP contribution >= 0.6 is 11.8 Å². The maximum Gasteiger partial charge on any atom is 0.142 e. The highest BCUT2D eigenvalue weighted by Gasteiger charge is 2.11. The first kappa shape index (κ1) is 11.5. The molecule has 1 aromatic carbocycles. The van der Waals surface area contributed by atoms with Crippen LogP contribution in [-0.2, 0) is 6.42 Å². The van der Waals surface area contributed by atoms with Crippen molar-refractivity contribution in [3.05, 3.63) is 29.3 Å². The summed E-state index contributed by atoms with van der Waals surface area (Å²) in [5.41, 5.74) is 0.463. The van der Waals surface area contributed by atoms with Crippen molar-refractivity contribution in [3.63, 3.8) is 0 Å². The third-order valence-corrected chi connectivity index (χ3v) is 2.72. The molecule has 1 N–H and O–H groups in total. The molecular formula is C10H12F2OS. The zero-order valence-corrected chi connectivity index (χ0v) is 8.70. The first-order chi connectivity index (χ1) is 6.70. The van der Waals surface area contributed by atoms with Crippen LogP contribution in [0.15, 0.2) is 17.0 Å². The van der Waals surface area contributed by atoms with Crippen LogP contribution in [0.2, 0.25) is 0 Å². The molecule has 0 bridgehead atoms. The van der Waals surface area contributed by atoms with E-state index in [9.17, 15) is 8.78 Å². The Morgan fingerprint density at radius 1 is 1.36 bits per heavy atom. The van der Waals surface area contributed by atoms with Crippen molar-refractivity contribution < 1.29 is 13.9 Å². The molecule has 0 atom stereocenters. The Morgan fingerprint density at radius 3 is 2.64 bits per heavy atom. The number of hydrogen-bond acceptors (Lipinski definition) is 2. The van der Waals surface area contributed by atoms with Gasteiger partial charge in [0.1, 0.15) is 11.6 Å².